The van der Waals surface area contributed by atoms with Gasteiger partial charge in [0.2, 0.25) is 10.0 Å². The Balaban J connectivity index is 1.13. The average Bonchev–Trinajstić information content (AvgIpc) is 3.56. The molecule has 2 N–H and O–H groups in total. The predicted octanol–water partition coefficient (Wildman–Crippen LogP) is 4.82. The lowest BCUT2D eigenvalue weighted by Gasteiger charge is -2.37. The number of aromatic amines is 1. The zero-order chi connectivity index (χ0) is 28.9. The number of rotatable bonds is 4. The van der Waals surface area contributed by atoms with Gasteiger partial charge in [-0.05, 0) is 68.4 Å². The Morgan fingerprint density at radius 2 is 1.78 bits per heavy atom. The van der Waals surface area contributed by atoms with Crippen LogP contribution in [0.1, 0.15) is 25.3 Å². The molecule has 0 aliphatic carbocycles. The summed E-state index contributed by atoms with van der Waals surface area (Å²) in [5, 5.41) is 5.04. The van der Waals surface area contributed by atoms with Gasteiger partial charge in [-0.2, -0.15) is 17.5 Å². The zero-order valence-corrected chi connectivity index (χ0v) is 23.8. The number of nitrogens with zero attached hydrogens (tertiary/aromatic N) is 5. The van der Waals surface area contributed by atoms with Gasteiger partial charge in [0, 0.05) is 55.4 Å². The molecule has 1 atom stereocenters. The number of nitrogens with one attached hydrogen (secondary N) is 2. The first-order valence-corrected chi connectivity index (χ1v) is 15.1. The third-order valence-electron chi connectivity index (χ3n) is 7.77. The van der Waals surface area contributed by atoms with Gasteiger partial charge in [-0.25, -0.2) is 18.4 Å². The van der Waals surface area contributed by atoms with Crippen molar-refractivity contribution in [1.82, 2.24) is 24.2 Å². The summed E-state index contributed by atoms with van der Waals surface area (Å²) in [6.45, 7) is 4.84. The van der Waals surface area contributed by atoms with Gasteiger partial charge in [-0.15, -0.1) is 0 Å². The minimum atomic E-state index is -4.44. The second-order valence-corrected chi connectivity index (χ2v) is 12.6. The molecular weight excluding hydrogens is 575 g/mol. The number of benzene rings is 2. The summed E-state index contributed by atoms with van der Waals surface area (Å²) in [6.07, 6.45) is -1.29. The Morgan fingerprint density at radius 3 is 2.44 bits per heavy atom. The SMILES string of the molecule is CC1CCCN1S(=O)(=O)c1ccc(NC(=S)N2CCN(c3ncnc4[nH]c5cc(C(F)(F)F)ccc5c34)CC2)cc1. The van der Waals surface area contributed by atoms with Gasteiger partial charge < -0.3 is 20.1 Å². The van der Waals surface area contributed by atoms with E-state index in [4.69, 9.17) is 12.2 Å². The van der Waals surface area contributed by atoms with E-state index >= 15 is 0 Å². The number of alkyl halides is 3. The number of piperazine rings is 1. The Hall–Kier alpha value is -3.49. The fourth-order valence-corrected chi connectivity index (χ4v) is 7.56. The predicted molar refractivity (Wildman–Crippen MR) is 155 cm³/mol. The summed E-state index contributed by atoms with van der Waals surface area (Å²) in [4.78, 5) is 16.1. The summed E-state index contributed by atoms with van der Waals surface area (Å²) < 4.78 is 67.2. The van der Waals surface area contributed by atoms with E-state index in [-0.39, 0.29) is 10.9 Å². The van der Waals surface area contributed by atoms with Crippen LogP contribution in [0, 0.1) is 0 Å². The highest BCUT2D eigenvalue weighted by Gasteiger charge is 2.33. The van der Waals surface area contributed by atoms with Crippen molar-refractivity contribution < 1.29 is 21.6 Å². The van der Waals surface area contributed by atoms with Gasteiger partial charge in [0.05, 0.1) is 15.8 Å². The molecule has 2 aromatic heterocycles. The number of hydrogen-bond donors (Lipinski definition) is 2. The smallest absolute Gasteiger partial charge is 0.352 e. The molecule has 2 saturated heterocycles. The number of halogens is 3. The fraction of sp³-hybridized carbons (Fsp3) is 0.370. The largest absolute Gasteiger partial charge is 0.416 e. The molecule has 14 heteroatoms. The highest BCUT2D eigenvalue weighted by atomic mass is 32.2. The first-order valence-electron chi connectivity index (χ1n) is 13.3. The van der Waals surface area contributed by atoms with Crippen molar-refractivity contribution >= 4 is 60.8 Å². The minimum absolute atomic E-state index is 0.000650. The van der Waals surface area contributed by atoms with Gasteiger partial charge in [0.25, 0.3) is 0 Å². The molecule has 9 nitrogen and oxygen atoms in total. The first kappa shape index (κ1) is 27.7. The van der Waals surface area contributed by atoms with Crippen LogP contribution in [0.25, 0.3) is 21.9 Å². The molecule has 216 valence electrons. The molecule has 2 aromatic carbocycles. The van der Waals surface area contributed by atoms with Crippen molar-refractivity contribution in [3.63, 3.8) is 0 Å². The van der Waals surface area contributed by atoms with Gasteiger partial charge in [-0.1, -0.05) is 6.07 Å². The maximum absolute atomic E-state index is 13.2. The van der Waals surface area contributed by atoms with Crippen LogP contribution in [0.4, 0.5) is 24.7 Å². The van der Waals surface area contributed by atoms with E-state index in [0.29, 0.717) is 71.3 Å². The van der Waals surface area contributed by atoms with Crippen LogP contribution in [0.15, 0.2) is 53.7 Å². The van der Waals surface area contributed by atoms with E-state index < -0.39 is 21.8 Å². The molecule has 41 heavy (non-hydrogen) atoms. The maximum atomic E-state index is 13.2. The Kier molecular flexibility index (Phi) is 7.02. The lowest BCUT2D eigenvalue weighted by atomic mass is 10.1. The molecule has 2 fully saturated rings. The number of thiocarbonyl (C=S) groups is 1. The lowest BCUT2D eigenvalue weighted by molar-refractivity contribution is -0.137. The molecule has 0 saturated carbocycles. The van der Waals surface area contributed by atoms with Gasteiger partial charge >= 0.3 is 6.18 Å². The monoisotopic (exact) mass is 603 g/mol. The molecule has 4 heterocycles. The highest BCUT2D eigenvalue weighted by Crippen LogP contribution is 2.36. The Labute approximate surface area is 240 Å². The summed E-state index contributed by atoms with van der Waals surface area (Å²) >= 11 is 5.64. The Morgan fingerprint density at radius 1 is 1.05 bits per heavy atom. The topological polar surface area (TPSA) is 97.5 Å². The lowest BCUT2D eigenvalue weighted by Crippen LogP contribution is -2.50. The van der Waals surface area contributed by atoms with Crippen LogP contribution in [0.2, 0.25) is 0 Å². The van der Waals surface area contributed by atoms with Crippen molar-refractivity contribution in [3.8, 4) is 0 Å². The molecular formula is C27H28F3N7O2S2. The third kappa shape index (κ3) is 5.19. The fourth-order valence-electron chi connectivity index (χ4n) is 5.56. The van der Waals surface area contributed by atoms with E-state index in [9.17, 15) is 21.6 Å². The highest BCUT2D eigenvalue weighted by molar-refractivity contribution is 7.89. The molecule has 0 amide bonds. The number of aromatic nitrogens is 3. The van der Waals surface area contributed by atoms with Crippen molar-refractivity contribution in [3.05, 3.63) is 54.4 Å². The second-order valence-electron chi connectivity index (χ2n) is 10.3. The van der Waals surface area contributed by atoms with Gasteiger partial charge in [0.1, 0.15) is 17.8 Å². The first-order chi connectivity index (χ1) is 19.5. The van der Waals surface area contributed by atoms with Crippen LogP contribution in [-0.2, 0) is 16.2 Å². The number of anilines is 2. The van der Waals surface area contributed by atoms with Crippen molar-refractivity contribution in [2.45, 2.75) is 36.9 Å². The van der Waals surface area contributed by atoms with E-state index in [2.05, 4.69) is 25.2 Å². The number of fused-ring (bicyclic) bond motifs is 3. The molecule has 0 spiro atoms. The average molecular weight is 604 g/mol. The van der Waals surface area contributed by atoms with Crippen molar-refractivity contribution in [2.75, 3.05) is 42.9 Å². The standard InChI is InChI=1S/C27H28F3N7O2S2/c1-17-3-2-10-37(17)41(38,39)20-7-5-19(6-8-20)33-26(40)36-13-11-35(12-14-36)25-23-21-9-4-18(27(28,29)30)15-22(21)34-24(23)31-16-32-25/h4-9,15-17H,2-3,10-14H2,1H3,(H,33,40)(H,31,32,34). The molecule has 2 aliphatic rings. The molecule has 0 bridgehead atoms. The van der Waals surface area contributed by atoms with E-state index in [1.165, 1.54) is 12.4 Å². The summed E-state index contributed by atoms with van der Waals surface area (Å²) in [7, 11) is -3.53. The summed E-state index contributed by atoms with van der Waals surface area (Å²) in [5.74, 6) is 0.656. The number of H-pyrrole nitrogens is 1. The number of hydrogen-bond acceptors (Lipinski definition) is 6. The van der Waals surface area contributed by atoms with Gasteiger partial charge in [-0.3, -0.25) is 0 Å². The van der Waals surface area contributed by atoms with Crippen LogP contribution in [0.5, 0.6) is 0 Å². The quantitative estimate of drug-likeness (QED) is 0.321. The zero-order valence-electron chi connectivity index (χ0n) is 22.1. The van der Waals surface area contributed by atoms with Crippen LogP contribution >= 0.6 is 12.2 Å². The third-order valence-corrected chi connectivity index (χ3v) is 10.2. The normalized spacial score (nSPS) is 18.9. The van der Waals surface area contributed by atoms with Crippen LogP contribution < -0.4 is 10.2 Å². The van der Waals surface area contributed by atoms with Gasteiger partial charge in [0.15, 0.2) is 5.11 Å². The summed E-state index contributed by atoms with van der Waals surface area (Å²) in [5.41, 5.74) is 0.807. The van der Waals surface area contributed by atoms with E-state index in [0.717, 1.165) is 25.0 Å². The van der Waals surface area contributed by atoms with E-state index in [1.54, 1.807) is 28.6 Å². The van der Waals surface area contributed by atoms with E-state index in [1.807, 2.05) is 11.8 Å². The van der Waals surface area contributed by atoms with Crippen LogP contribution in [-0.4, -0.2) is 76.5 Å². The molecule has 1 unspecified atom stereocenters. The molecule has 0 radical (unpaired) electrons. The minimum Gasteiger partial charge on any atom is -0.352 e. The Bertz CT molecular complexity index is 1720. The van der Waals surface area contributed by atoms with Crippen molar-refractivity contribution in [1.29, 1.82) is 0 Å². The van der Waals surface area contributed by atoms with Crippen LogP contribution in [0.3, 0.4) is 0 Å². The molecule has 2 aliphatic heterocycles. The maximum Gasteiger partial charge on any atom is 0.416 e. The molecule has 4 aromatic rings. The van der Waals surface area contributed by atoms with Crippen molar-refractivity contribution in [2.24, 2.45) is 0 Å². The molecule has 6 rings (SSSR count). The summed E-state index contributed by atoms with van der Waals surface area (Å²) in [6, 6.07) is 10.3. The second kappa shape index (κ2) is 10.4. The number of sulfonamides is 1.